The third-order valence-corrected chi connectivity index (χ3v) is 2.61. The van der Waals surface area contributed by atoms with E-state index in [2.05, 4.69) is 0 Å². The van der Waals surface area contributed by atoms with E-state index in [1.54, 1.807) is 6.92 Å². The van der Waals surface area contributed by atoms with Gasteiger partial charge in [-0.05, 0) is 6.07 Å². The predicted octanol–water partition coefficient (Wildman–Crippen LogP) is 0.943. The fourth-order valence-corrected chi connectivity index (χ4v) is 1.35. The number of halogens is 1. The van der Waals surface area contributed by atoms with Crippen molar-refractivity contribution in [2.24, 2.45) is 5.73 Å². The van der Waals surface area contributed by atoms with E-state index in [9.17, 15) is 19.6 Å². The summed E-state index contributed by atoms with van der Waals surface area (Å²) < 4.78 is 13.5. The van der Waals surface area contributed by atoms with Crippen LogP contribution >= 0.6 is 0 Å². The number of benzene rings is 1. The normalized spacial score (nSPS) is 14.5. The molecule has 6 heteroatoms. The van der Waals surface area contributed by atoms with Gasteiger partial charge in [-0.2, -0.15) is 0 Å². The number of hydrogen-bond donors (Lipinski definition) is 2. The lowest BCUT2D eigenvalue weighted by atomic mass is 9.83. The van der Waals surface area contributed by atoms with E-state index < -0.39 is 16.2 Å². The highest BCUT2D eigenvalue weighted by Crippen LogP contribution is 2.28. The van der Waals surface area contributed by atoms with E-state index in [-0.39, 0.29) is 24.4 Å². The Kier molecular flexibility index (Phi) is 3.56. The van der Waals surface area contributed by atoms with Crippen LogP contribution in [-0.4, -0.2) is 23.2 Å². The molecule has 1 rings (SSSR count). The lowest BCUT2D eigenvalue weighted by Crippen LogP contribution is -2.36. The molecule has 0 spiro atoms. The Morgan fingerprint density at radius 3 is 2.69 bits per heavy atom. The Hall–Kier alpha value is -1.53. The lowest BCUT2D eigenvalue weighted by Gasteiger charge is -2.26. The van der Waals surface area contributed by atoms with Gasteiger partial charge in [0.05, 0.1) is 11.5 Å². The maximum absolute atomic E-state index is 13.5. The molecule has 0 saturated heterocycles. The van der Waals surface area contributed by atoms with E-state index in [0.717, 1.165) is 18.2 Å². The molecule has 1 aromatic rings. The first kappa shape index (κ1) is 12.5. The van der Waals surface area contributed by atoms with Gasteiger partial charge in [0.15, 0.2) is 0 Å². The Labute approximate surface area is 91.8 Å². The van der Waals surface area contributed by atoms with Crippen molar-refractivity contribution in [3.63, 3.8) is 0 Å². The minimum absolute atomic E-state index is 0.00158. The van der Waals surface area contributed by atoms with Crippen molar-refractivity contribution < 1.29 is 14.4 Å². The van der Waals surface area contributed by atoms with Crippen LogP contribution in [0.5, 0.6) is 0 Å². The molecule has 0 aromatic heterocycles. The molecule has 0 heterocycles. The Morgan fingerprint density at radius 2 is 2.25 bits per heavy atom. The second-order valence-electron chi connectivity index (χ2n) is 3.84. The molecule has 88 valence electrons. The van der Waals surface area contributed by atoms with E-state index in [1.807, 2.05) is 0 Å². The molecule has 0 aliphatic heterocycles. The van der Waals surface area contributed by atoms with Crippen LogP contribution in [0.15, 0.2) is 18.2 Å². The molecule has 0 aliphatic carbocycles. The molecule has 3 N–H and O–H groups in total. The summed E-state index contributed by atoms with van der Waals surface area (Å²) >= 11 is 0. The van der Waals surface area contributed by atoms with Gasteiger partial charge in [0.1, 0.15) is 5.82 Å². The third kappa shape index (κ3) is 2.17. The molecule has 0 aliphatic rings. The van der Waals surface area contributed by atoms with Gasteiger partial charge in [-0.3, -0.25) is 10.1 Å². The monoisotopic (exact) mass is 228 g/mol. The van der Waals surface area contributed by atoms with Crippen LogP contribution in [0.1, 0.15) is 12.5 Å². The molecule has 1 aromatic carbocycles. The fourth-order valence-electron chi connectivity index (χ4n) is 1.35. The van der Waals surface area contributed by atoms with Gasteiger partial charge in [-0.15, -0.1) is 0 Å². The van der Waals surface area contributed by atoms with E-state index in [0.29, 0.717) is 0 Å². The molecular formula is C10H13FN2O3. The van der Waals surface area contributed by atoms with Crippen LogP contribution in [-0.2, 0) is 5.41 Å². The van der Waals surface area contributed by atoms with Crippen molar-refractivity contribution in [1.82, 2.24) is 0 Å². The van der Waals surface area contributed by atoms with Gasteiger partial charge in [-0.1, -0.05) is 6.92 Å². The van der Waals surface area contributed by atoms with E-state index in [1.165, 1.54) is 0 Å². The van der Waals surface area contributed by atoms with Crippen molar-refractivity contribution in [3.05, 3.63) is 39.7 Å². The SMILES string of the molecule is CC(CN)(CO)c1cc([N+](=O)[O-])ccc1F. The van der Waals surface area contributed by atoms with Crippen LogP contribution in [0.25, 0.3) is 0 Å². The number of non-ortho nitro benzene ring substituents is 1. The average Bonchev–Trinajstić information content (AvgIpc) is 2.28. The summed E-state index contributed by atoms with van der Waals surface area (Å²) in [6.45, 7) is 1.18. The minimum atomic E-state index is -1.00. The largest absolute Gasteiger partial charge is 0.395 e. The molecule has 0 amide bonds. The number of aliphatic hydroxyl groups excluding tert-OH is 1. The van der Waals surface area contributed by atoms with Gasteiger partial charge in [0.25, 0.3) is 5.69 Å². The van der Waals surface area contributed by atoms with Crippen LogP contribution in [0.3, 0.4) is 0 Å². The smallest absolute Gasteiger partial charge is 0.269 e. The summed E-state index contributed by atoms with van der Waals surface area (Å²) in [6.07, 6.45) is 0. The Bertz CT molecular complexity index is 405. The summed E-state index contributed by atoms with van der Waals surface area (Å²) in [5, 5.41) is 19.7. The molecular weight excluding hydrogens is 215 g/mol. The van der Waals surface area contributed by atoms with E-state index >= 15 is 0 Å². The van der Waals surface area contributed by atoms with Crippen molar-refractivity contribution >= 4 is 5.69 Å². The number of nitro groups is 1. The number of nitro benzene ring substituents is 1. The topological polar surface area (TPSA) is 89.4 Å². The molecule has 1 unspecified atom stereocenters. The average molecular weight is 228 g/mol. The zero-order valence-corrected chi connectivity index (χ0v) is 8.81. The molecule has 0 radical (unpaired) electrons. The van der Waals surface area contributed by atoms with Gasteiger partial charge in [0.2, 0.25) is 0 Å². The molecule has 16 heavy (non-hydrogen) atoms. The van der Waals surface area contributed by atoms with Crippen LogP contribution in [0.4, 0.5) is 10.1 Å². The number of nitrogens with zero attached hydrogens (tertiary/aromatic N) is 1. The lowest BCUT2D eigenvalue weighted by molar-refractivity contribution is -0.385. The standard InChI is InChI=1S/C10H13FN2O3/c1-10(5-12,6-14)8-4-7(13(15)16)2-3-9(8)11/h2-4,14H,5-6,12H2,1H3. The quantitative estimate of drug-likeness (QED) is 0.593. The van der Waals surface area contributed by atoms with Gasteiger partial charge in [-0.25, -0.2) is 4.39 Å². The summed E-state index contributed by atoms with van der Waals surface area (Å²) in [5.41, 5.74) is 4.29. The van der Waals surface area contributed by atoms with Crippen molar-refractivity contribution in [2.45, 2.75) is 12.3 Å². The second kappa shape index (κ2) is 4.54. The number of aliphatic hydroxyl groups is 1. The van der Waals surface area contributed by atoms with Crippen molar-refractivity contribution in [1.29, 1.82) is 0 Å². The zero-order chi connectivity index (χ0) is 12.3. The van der Waals surface area contributed by atoms with Crippen molar-refractivity contribution in [3.8, 4) is 0 Å². The maximum atomic E-state index is 13.5. The molecule has 5 nitrogen and oxygen atoms in total. The highest BCUT2D eigenvalue weighted by Gasteiger charge is 2.29. The molecule has 0 saturated carbocycles. The van der Waals surface area contributed by atoms with Crippen molar-refractivity contribution in [2.75, 3.05) is 13.2 Å². The molecule has 0 fully saturated rings. The third-order valence-electron chi connectivity index (χ3n) is 2.61. The fraction of sp³-hybridized carbons (Fsp3) is 0.400. The first-order valence-electron chi connectivity index (χ1n) is 4.70. The molecule has 0 bridgehead atoms. The summed E-state index contributed by atoms with van der Waals surface area (Å²) in [7, 11) is 0. The highest BCUT2D eigenvalue weighted by molar-refractivity contribution is 5.39. The molecule has 1 atom stereocenters. The van der Waals surface area contributed by atoms with Crippen LogP contribution < -0.4 is 5.73 Å². The summed E-state index contributed by atoms with van der Waals surface area (Å²) in [4.78, 5) is 9.94. The highest BCUT2D eigenvalue weighted by atomic mass is 19.1. The first-order valence-corrected chi connectivity index (χ1v) is 4.70. The summed E-state index contributed by atoms with van der Waals surface area (Å²) in [6, 6.07) is 3.20. The second-order valence-corrected chi connectivity index (χ2v) is 3.84. The maximum Gasteiger partial charge on any atom is 0.269 e. The predicted molar refractivity (Wildman–Crippen MR) is 56.5 cm³/mol. The number of nitrogens with two attached hydrogens (primary N) is 1. The Balaban J connectivity index is 3.31. The van der Waals surface area contributed by atoms with Crippen LogP contribution in [0.2, 0.25) is 0 Å². The Morgan fingerprint density at radius 1 is 1.62 bits per heavy atom. The van der Waals surface area contributed by atoms with E-state index in [4.69, 9.17) is 5.73 Å². The first-order chi connectivity index (χ1) is 7.44. The zero-order valence-electron chi connectivity index (χ0n) is 8.81. The minimum Gasteiger partial charge on any atom is -0.395 e. The number of hydrogen-bond acceptors (Lipinski definition) is 4. The van der Waals surface area contributed by atoms with Gasteiger partial charge >= 0.3 is 0 Å². The van der Waals surface area contributed by atoms with Gasteiger partial charge < -0.3 is 10.8 Å². The number of rotatable bonds is 4. The van der Waals surface area contributed by atoms with Gasteiger partial charge in [0, 0.05) is 29.7 Å². The summed E-state index contributed by atoms with van der Waals surface area (Å²) in [5.74, 6) is -0.604. The van der Waals surface area contributed by atoms with Crippen LogP contribution in [0, 0.1) is 15.9 Å².